The molecule has 3 aliphatic rings. The molecule has 2 aliphatic heterocycles. The van der Waals surface area contributed by atoms with Crippen molar-refractivity contribution < 1.29 is 36.7 Å². The molecule has 2 amide bonds. The van der Waals surface area contributed by atoms with E-state index in [1.165, 1.54) is 20.3 Å². The van der Waals surface area contributed by atoms with Crippen LogP contribution in [0.4, 0.5) is 29.2 Å². The Hall–Kier alpha value is -4.30. The van der Waals surface area contributed by atoms with E-state index < -0.39 is 29.4 Å². The molecule has 46 heavy (non-hydrogen) atoms. The van der Waals surface area contributed by atoms with Gasteiger partial charge < -0.3 is 20.3 Å². The molecule has 3 heterocycles. The van der Waals surface area contributed by atoms with Gasteiger partial charge >= 0.3 is 6.18 Å². The summed E-state index contributed by atoms with van der Waals surface area (Å²) < 4.78 is 62.7. The first kappa shape index (κ1) is 31.7. The highest BCUT2D eigenvalue weighted by Gasteiger charge is 2.46. The number of piperidine rings is 1. The van der Waals surface area contributed by atoms with Gasteiger partial charge in [-0.2, -0.15) is 13.2 Å². The molecule has 1 saturated heterocycles. The van der Waals surface area contributed by atoms with Crippen molar-refractivity contribution in [2.24, 2.45) is 5.41 Å². The number of aromatic nitrogens is 2. The van der Waals surface area contributed by atoms with Gasteiger partial charge in [-0.3, -0.25) is 14.4 Å². The largest absolute Gasteiger partial charge is 0.495 e. The van der Waals surface area contributed by atoms with Crippen LogP contribution in [-0.2, 0) is 24.0 Å². The minimum atomic E-state index is -4.78. The topological polar surface area (TPSA) is 109 Å². The molecule has 2 fully saturated rings. The van der Waals surface area contributed by atoms with Crippen LogP contribution in [0.5, 0.6) is 5.75 Å². The monoisotopic (exact) mass is 642 g/mol. The summed E-state index contributed by atoms with van der Waals surface area (Å²) in [7, 11) is 4.76. The number of anilines is 2. The van der Waals surface area contributed by atoms with Crippen molar-refractivity contribution in [1.29, 1.82) is 0 Å². The number of rotatable bonds is 8. The van der Waals surface area contributed by atoms with Crippen LogP contribution >= 0.6 is 0 Å². The average Bonchev–Trinajstić information content (AvgIpc) is 3.33. The predicted octanol–water partition coefficient (Wildman–Crippen LogP) is 5.10. The second-order valence-corrected chi connectivity index (χ2v) is 12.2. The van der Waals surface area contributed by atoms with Crippen LogP contribution in [-0.4, -0.2) is 72.1 Å². The maximum absolute atomic E-state index is 15.3. The standard InChI is InChI=1S/C32H34F4N6O4/c1-41-9-7-31(8-10-41)14-20(15-31)38-28(43)21-12-26(45-2)25(13-23(21)33)40-30-37-16-22(32(34,35)36)24(39-30)11-18-5-4-6-19-17-42(46-3)29(44)27(18)19/h4-6,12-13,16,20H,7-11,14-15,17H2,1-3H3,(H,38,43)(H,37,39,40). The lowest BCUT2D eigenvalue weighted by Crippen LogP contribution is -2.54. The minimum absolute atomic E-state index is 0.0164. The summed E-state index contributed by atoms with van der Waals surface area (Å²) in [5, 5.41) is 6.77. The van der Waals surface area contributed by atoms with Gasteiger partial charge in [0.15, 0.2) is 0 Å². The normalized spacial score (nSPS) is 18.0. The molecule has 1 aromatic heterocycles. The van der Waals surface area contributed by atoms with E-state index in [-0.39, 0.29) is 58.6 Å². The molecule has 0 bridgehead atoms. The first-order valence-corrected chi connectivity index (χ1v) is 14.9. The maximum Gasteiger partial charge on any atom is 0.419 e. The summed E-state index contributed by atoms with van der Waals surface area (Å²) in [4.78, 5) is 41.2. The van der Waals surface area contributed by atoms with E-state index in [4.69, 9.17) is 9.57 Å². The number of amides is 2. The van der Waals surface area contributed by atoms with Gasteiger partial charge in [-0.15, -0.1) is 0 Å². The van der Waals surface area contributed by atoms with Crippen molar-refractivity contribution in [2.75, 3.05) is 39.7 Å². The number of hydrogen-bond donors (Lipinski definition) is 2. The van der Waals surface area contributed by atoms with Gasteiger partial charge in [0.2, 0.25) is 5.95 Å². The summed E-state index contributed by atoms with van der Waals surface area (Å²) in [6.45, 7) is 2.21. The first-order valence-electron chi connectivity index (χ1n) is 14.9. The third kappa shape index (κ3) is 6.10. The van der Waals surface area contributed by atoms with Crippen molar-refractivity contribution in [3.05, 3.63) is 75.9 Å². The molecular formula is C32H34F4N6O4. The number of carbonyl (C=O) groups is 2. The highest BCUT2D eigenvalue weighted by atomic mass is 19.4. The fourth-order valence-electron chi connectivity index (χ4n) is 6.70. The second-order valence-electron chi connectivity index (χ2n) is 12.2. The van der Waals surface area contributed by atoms with E-state index in [2.05, 4.69) is 32.5 Å². The lowest BCUT2D eigenvalue weighted by Gasteiger charge is -2.52. The Labute approximate surface area is 263 Å². The van der Waals surface area contributed by atoms with E-state index in [1.54, 1.807) is 18.2 Å². The van der Waals surface area contributed by atoms with Crippen molar-refractivity contribution in [3.8, 4) is 5.75 Å². The number of carbonyl (C=O) groups excluding carboxylic acids is 2. The number of fused-ring (bicyclic) bond motifs is 1. The van der Waals surface area contributed by atoms with Gasteiger partial charge in [0.1, 0.15) is 11.6 Å². The van der Waals surface area contributed by atoms with E-state index in [1.807, 2.05) is 0 Å². The van der Waals surface area contributed by atoms with Gasteiger partial charge in [0, 0.05) is 24.7 Å². The molecular weight excluding hydrogens is 608 g/mol. The van der Waals surface area contributed by atoms with Gasteiger partial charge in [0.25, 0.3) is 11.8 Å². The Morgan fingerprint density at radius 1 is 1.15 bits per heavy atom. The van der Waals surface area contributed by atoms with E-state index in [0.717, 1.165) is 49.9 Å². The molecule has 2 N–H and O–H groups in total. The second kappa shape index (κ2) is 12.1. The average molecular weight is 643 g/mol. The highest BCUT2D eigenvalue weighted by molar-refractivity contribution is 5.99. The van der Waals surface area contributed by atoms with Crippen molar-refractivity contribution in [1.82, 2.24) is 25.2 Å². The number of nitrogens with zero attached hydrogens (tertiary/aromatic N) is 4. The van der Waals surface area contributed by atoms with Crippen molar-refractivity contribution in [3.63, 3.8) is 0 Å². The molecule has 10 nitrogen and oxygen atoms in total. The van der Waals surface area contributed by atoms with Crippen LogP contribution in [0.2, 0.25) is 0 Å². The number of methoxy groups -OCH3 is 1. The molecule has 2 aromatic carbocycles. The third-order valence-corrected chi connectivity index (χ3v) is 9.26. The Bertz CT molecular complexity index is 1670. The zero-order valence-electron chi connectivity index (χ0n) is 25.6. The fourth-order valence-corrected chi connectivity index (χ4v) is 6.70. The Morgan fingerprint density at radius 3 is 2.57 bits per heavy atom. The number of halogens is 4. The molecule has 244 valence electrons. The predicted molar refractivity (Wildman–Crippen MR) is 159 cm³/mol. The van der Waals surface area contributed by atoms with Crippen molar-refractivity contribution >= 4 is 23.5 Å². The molecule has 0 unspecified atom stereocenters. The number of nitrogens with one attached hydrogen (secondary N) is 2. The number of benzene rings is 2. The summed E-state index contributed by atoms with van der Waals surface area (Å²) >= 11 is 0. The number of hydrogen-bond acceptors (Lipinski definition) is 8. The zero-order chi connectivity index (χ0) is 32.8. The quantitative estimate of drug-likeness (QED) is 0.327. The SMILES string of the molecule is COc1cc(C(=O)NC2CC3(CCN(C)CC3)C2)c(F)cc1Nc1ncc(C(F)(F)F)c(Cc2cccc3c2C(=O)N(OC)C3)n1. The molecule has 1 saturated carbocycles. The Kier molecular flexibility index (Phi) is 8.36. The van der Waals surface area contributed by atoms with Crippen LogP contribution in [0.25, 0.3) is 0 Å². The van der Waals surface area contributed by atoms with Crippen LogP contribution in [0, 0.1) is 11.2 Å². The van der Waals surface area contributed by atoms with E-state index >= 15 is 4.39 Å². The van der Waals surface area contributed by atoms with E-state index in [0.29, 0.717) is 17.3 Å². The van der Waals surface area contributed by atoms with Gasteiger partial charge in [-0.05, 0) is 68.4 Å². The van der Waals surface area contributed by atoms with Crippen LogP contribution in [0.15, 0.2) is 36.5 Å². The van der Waals surface area contributed by atoms with Crippen LogP contribution < -0.4 is 15.4 Å². The summed E-state index contributed by atoms with van der Waals surface area (Å²) in [5.41, 5.74) is -0.219. The lowest BCUT2D eigenvalue weighted by molar-refractivity contribution is -0.138. The third-order valence-electron chi connectivity index (χ3n) is 9.26. The fraction of sp³-hybridized carbons (Fsp3) is 0.438. The molecule has 1 spiro atoms. The highest BCUT2D eigenvalue weighted by Crippen LogP contribution is 2.49. The number of likely N-dealkylation sites (tertiary alicyclic amines) is 1. The van der Waals surface area contributed by atoms with Crippen molar-refractivity contribution in [2.45, 2.75) is 50.9 Å². The lowest BCUT2D eigenvalue weighted by atomic mass is 9.60. The molecule has 14 heteroatoms. The van der Waals surface area contributed by atoms with Crippen LogP contribution in [0.3, 0.4) is 0 Å². The smallest absolute Gasteiger partial charge is 0.419 e. The molecule has 1 aliphatic carbocycles. The van der Waals surface area contributed by atoms with E-state index in [9.17, 15) is 22.8 Å². The molecule has 0 atom stereocenters. The Morgan fingerprint density at radius 2 is 1.89 bits per heavy atom. The first-order chi connectivity index (χ1) is 21.9. The van der Waals surface area contributed by atoms with Gasteiger partial charge in [-0.1, -0.05) is 18.2 Å². The van der Waals surface area contributed by atoms with Gasteiger partial charge in [0.05, 0.1) is 48.8 Å². The maximum atomic E-state index is 15.3. The summed E-state index contributed by atoms with van der Waals surface area (Å²) in [6.07, 6.45) is -0.624. The molecule has 6 rings (SSSR count). The molecule has 0 radical (unpaired) electrons. The summed E-state index contributed by atoms with van der Waals surface area (Å²) in [6, 6.07) is 7.13. The zero-order valence-corrected chi connectivity index (χ0v) is 25.6. The number of alkyl halides is 3. The van der Waals surface area contributed by atoms with Crippen LogP contribution in [0.1, 0.15) is 68.8 Å². The number of ether oxygens (including phenoxy) is 1. The molecule has 3 aromatic rings. The van der Waals surface area contributed by atoms with Gasteiger partial charge in [-0.25, -0.2) is 19.4 Å². The minimum Gasteiger partial charge on any atom is -0.495 e. The Balaban J connectivity index is 1.22. The summed E-state index contributed by atoms with van der Waals surface area (Å²) in [5.74, 6) is -2.06. The number of hydroxylamine groups is 2.